The molecule has 2 atom stereocenters. The molecule has 110 valence electrons. The van der Waals surface area contributed by atoms with Crippen molar-refractivity contribution in [1.29, 1.82) is 0 Å². The van der Waals surface area contributed by atoms with Crippen molar-refractivity contribution >= 4 is 27.7 Å². The molecule has 2 unspecified atom stereocenters. The van der Waals surface area contributed by atoms with Crippen LogP contribution in [0.2, 0.25) is 0 Å². The molecule has 0 aliphatic carbocycles. The van der Waals surface area contributed by atoms with Crippen molar-refractivity contribution in [2.75, 3.05) is 18.1 Å². The number of hydrogen-bond acceptors (Lipinski definition) is 3. The Morgan fingerprint density at radius 1 is 1.40 bits per heavy atom. The Morgan fingerprint density at radius 3 is 3.00 bits per heavy atom. The van der Waals surface area contributed by atoms with Crippen LogP contribution in [-0.2, 0) is 4.74 Å². The summed E-state index contributed by atoms with van der Waals surface area (Å²) in [5.41, 5.74) is -0.130. The highest BCUT2D eigenvalue weighted by atomic mass is 79.9. The zero-order valence-corrected chi connectivity index (χ0v) is 13.2. The van der Waals surface area contributed by atoms with Crippen molar-refractivity contribution in [3.63, 3.8) is 0 Å². The van der Waals surface area contributed by atoms with E-state index in [1.54, 1.807) is 0 Å². The van der Waals surface area contributed by atoms with Gasteiger partial charge in [0.2, 0.25) is 5.82 Å². The van der Waals surface area contributed by atoms with Gasteiger partial charge in [-0.1, -0.05) is 15.9 Å². The zero-order valence-electron chi connectivity index (χ0n) is 10.8. The van der Waals surface area contributed by atoms with Crippen LogP contribution in [0.15, 0.2) is 16.6 Å². The first kappa shape index (κ1) is 14.6. The highest BCUT2D eigenvalue weighted by Crippen LogP contribution is 2.39. The summed E-state index contributed by atoms with van der Waals surface area (Å²) in [5, 5.41) is 0. The average molecular weight is 365 g/mol. The summed E-state index contributed by atoms with van der Waals surface area (Å²) in [5.74, 6) is 0.209. The van der Waals surface area contributed by atoms with E-state index in [9.17, 15) is 8.78 Å². The number of ether oxygens (including phenoxy) is 2. The standard InChI is InChI=1S/C14H15BrF2O2S/c15-9-5-11(16)13(17)12(6-9)19-10-1-3-18-14(7-10)2-4-20-8-14/h5-6,10H,1-4,7-8H2. The summed E-state index contributed by atoms with van der Waals surface area (Å²) in [6.45, 7) is 0.614. The maximum absolute atomic E-state index is 13.7. The Hall–Kier alpha value is -0.330. The van der Waals surface area contributed by atoms with Crippen LogP contribution in [0.4, 0.5) is 8.78 Å². The van der Waals surface area contributed by atoms with Crippen molar-refractivity contribution in [3.8, 4) is 5.75 Å². The molecule has 2 fully saturated rings. The summed E-state index contributed by atoms with van der Waals surface area (Å²) in [4.78, 5) is 0. The Bertz CT molecular complexity index is 506. The lowest BCUT2D eigenvalue weighted by Crippen LogP contribution is -2.43. The van der Waals surface area contributed by atoms with E-state index < -0.39 is 11.6 Å². The molecule has 2 aliphatic heterocycles. The minimum atomic E-state index is -0.922. The zero-order chi connectivity index (χ0) is 14.2. The van der Waals surface area contributed by atoms with Crippen LogP contribution in [0, 0.1) is 11.6 Å². The van der Waals surface area contributed by atoms with Crippen LogP contribution in [0.3, 0.4) is 0 Å². The summed E-state index contributed by atoms with van der Waals surface area (Å²) in [6.07, 6.45) is 2.34. The molecule has 0 amide bonds. The van der Waals surface area contributed by atoms with Gasteiger partial charge in [0.1, 0.15) is 6.10 Å². The van der Waals surface area contributed by atoms with E-state index in [1.807, 2.05) is 11.8 Å². The molecule has 2 heterocycles. The summed E-state index contributed by atoms with van der Waals surface area (Å²) in [7, 11) is 0. The average Bonchev–Trinajstić information content (AvgIpc) is 2.83. The normalized spacial score (nSPS) is 29.9. The van der Waals surface area contributed by atoms with Crippen LogP contribution in [0.5, 0.6) is 5.75 Å². The summed E-state index contributed by atoms with van der Waals surface area (Å²) in [6, 6.07) is 2.57. The Morgan fingerprint density at radius 2 is 2.25 bits per heavy atom. The van der Waals surface area contributed by atoms with Crippen molar-refractivity contribution in [1.82, 2.24) is 0 Å². The third kappa shape index (κ3) is 2.97. The predicted molar refractivity (Wildman–Crippen MR) is 78.3 cm³/mol. The number of halogens is 3. The fourth-order valence-corrected chi connectivity index (χ4v) is 4.53. The van der Waals surface area contributed by atoms with E-state index in [2.05, 4.69) is 15.9 Å². The molecule has 1 aromatic rings. The van der Waals surface area contributed by atoms with Crippen molar-refractivity contribution in [2.24, 2.45) is 0 Å². The molecular formula is C14H15BrF2O2S. The third-order valence-electron chi connectivity index (χ3n) is 3.77. The van der Waals surface area contributed by atoms with Gasteiger partial charge in [-0.25, -0.2) is 4.39 Å². The Labute approximate surface area is 129 Å². The molecule has 20 heavy (non-hydrogen) atoms. The summed E-state index contributed by atoms with van der Waals surface area (Å²) >= 11 is 5.03. The highest BCUT2D eigenvalue weighted by molar-refractivity contribution is 9.10. The second-order valence-corrected chi connectivity index (χ2v) is 7.29. The first-order valence-corrected chi connectivity index (χ1v) is 8.56. The molecule has 1 aromatic carbocycles. The topological polar surface area (TPSA) is 18.5 Å². The fraction of sp³-hybridized carbons (Fsp3) is 0.571. The van der Waals surface area contributed by atoms with Gasteiger partial charge in [-0.3, -0.25) is 0 Å². The SMILES string of the molecule is Fc1cc(Br)cc(OC2CCOC3(CCSC3)C2)c1F. The lowest BCUT2D eigenvalue weighted by Gasteiger charge is -2.37. The predicted octanol–water partition coefficient (Wildman–Crippen LogP) is 4.16. The van der Waals surface area contributed by atoms with Crippen LogP contribution in [-0.4, -0.2) is 29.8 Å². The molecule has 0 saturated carbocycles. The van der Waals surface area contributed by atoms with E-state index in [-0.39, 0.29) is 17.5 Å². The van der Waals surface area contributed by atoms with Crippen LogP contribution >= 0.6 is 27.7 Å². The maximum Gasteiger partial charge on any atom is 0.200 e. The van der Waals surface area contributed by atoms with Crippen LogP contribution in [0.1, 0.15) is 19.3 Å². The maximum atomic E-state index is 13.7. The first-order chi connectivity index (χ1) is 9.58. The number of thioether (sulfide) groups is 1. The molecule has 0 aromatic heterocycles. The van der Waals surface area contributed by atoms with Gasteiger partial charge in [0, 0.05) is 23.1 Å². The Kier molecular flexibility index (Phi) is 4.24. The van der Waals surface area contributed by atoms with Gasteiger partial charge in [0.15, 0.2) is 11.6 Å². The van der Waals surface area contributed by atoms with Gasteiger partial charge < -0.3 is 9.47 Å². The molecule has 1 spiro atoms. The summed E-state index contributed by atoms with van der Waals surface area (Å²) < 4.78 is 39.2. The third-order valence-corrected chi connectivity index (χ3v) is 5.45. The highest BCUT2D eigenvalue weighted by Gasteiger charge is 2.41. The molecule has 2 saturated heterocycles. The van der Waals surface area contributed by atoms with Gasteiger partial charge in [-0.15, -0.1) is 0 Å². The molecule has 0 radical (unpaired) electrons. The number of hydrogen-bond donors (Lipinski definition) is 0. The van der Waals surface area contributed by atoms with Gasteiger partial charge in [0.25, 0.3) is 0 Å². The lowest BCUT2D eigenvalue weighted by atomic mass is 9.91. The van der Waals surface area contributed by atoms with E-state index in [4.69, 9.17) is 9.47 Å². The van der Waals surface area contributed by atoms with Gasteiger partial charge in [-0.05, 0) is 24.3 Å². The second kappa shape index (κ2) is 5.81. The van der Waals surface area contributed by atoms with Crippen LogP contribution in [0.25, 0.3) is 0 Å². The number of benzene rings is 1. The van der Waals surface area contributed by atoms with E-state index >= 15 is 0 Å². The molecule has 3 rings (SSSR count). The quantitative estimate of drug-likeness (QED) is 0.734. The van der Waals surface area contributed by atoms with Gasteiger partial charge in [-0.2, -0.15) is 16.2 Å². The van der Waals surface area contributed by atoms with Crippen molar-refractivity contribution in [3.05, 3.63) is 28.2 Å². The number of rotatable bonds is 2. The smallest absolute Gasteiger partial charge is 0.200 e. The molecule has 0 bridgehead atoms. The largest absolute Gasteiger partial charge is 0.487 e. The van der Waals surface area contributed by atoms with Gasteiger partial charge in [0.05, 0.1) is 12.2 Å². The van der Waals surface area contributed by atoms with Crippen molar-refractivity contribution in [2.45, 2.75) is 31.0 Å². The minimum Gasteiger partial charge on any atom is -0.487 e. The molecule has 2 aliphatic rings. The second-order valence-electron chi connectivity index (χ2n) is 5.27. The molecule has 6 heteroatoms. The van der Waals surface area contributed by atoms with Crippen LogP contribution < -0.4 is 4.74 Å². The monoisotopic (exact) mass is 364 g/mol. The lowest BCUT2D eigenvalue weighted by molar-refractivity contribution is -0.0964. The van der Waals surface area contributed by atoms with E-state index in [1.165, 1.54) is 6.07 Å². The minimum absolute atomic E-state index is 0.0235. The molecule has 2 nitrogen and oxygen atoms in total. The molecular weight excluding hydrogens is 350 g/mol. The Balaban J connectivity index is 1.74. The molecule has 0 N–H and O–H groups in total. The van der Waals surface area contributed by atoms with Gasteiger partial charge >= 0.3 is 0 Å². The first-order valence-electron chi connectivity index (χ1n) is 6.61. The van der Waals surface area contributed by atoms with E-state index in [0.29, 0.717) is 17.5 Å². The van der Waals surface area contributed by atoms with Crippen molar-refractivity contribution < 1.29 is 18.3 Å². The fourth-order valence-electron chi connectivity index (χ4n) is 2.74. The van der Waals surface area contributed by atoms with E-state index in [0.717, 1.165) is 30.4 Å².